The summed E-state index contributed by atoms with van der Waals surface area (Å²) in [5.74, 6) is 0.0671. The van der Waals surface area contributed by atoms with Crippen LogP contribution in [0.25, 0.3) is 0 Å². The van der Waals surface area contributed by atoms with Gasteiger partial charge in [-0.2, -0.15) is 0 Å². The zero-order valence-corrected chi connectivity index (χ0v) is 7.87. The van der Waals surface area contributed by atoms with Gasteiger partial charge in [0.15, 0.2) is 5.78 Å². The molecular formula is C10H13NO2. The van der Waals surface area contributed by atoms with Crippen molar-refractivity contribution in [1.29, 1.82) is 0 Å². The number of aromatic nitrogens is 1. The summed E-state index contributed by atoms with van der Waals surface area (Å²) in [6.45, 7) is 1.97. The molecule has 1 aromatic rings. The standard InChI is InChI=1S/C10H13NO2/c1-6-3-8-9(11(6)2)4-7(12)5-10(8)13/h3,7,12H,4-5H2,1-2H3. The Labute approximate surface area is 77.0 Å². The number of rotatable bonds is 0. The molecule has 1 atom stereocenters. The number of aryl methyl sites for hydroxylation is 1. The first kappa shape index (κ1) is 8.51. The van der Waals surface area contributed by atoms with E-state index in [9.17, 15) is 9.90 Å². The maximum atomic E-state index is 11.5. The Balaban J connectivity index is 2.55. The SMILES string of the molecule is Cc1cc2c(n1C)CC(O)CC2=O. The first-order valence-electron chi connectivity index (χ1n) is 4.46. The minimum atomic E-state index is -0.493. The van der Waals surface area contributed by atoms with Crippen LogP contribution in [-0.4, -0.2) is 21.6 Å². The van der Waals surface area contributed by atoms with Gasteiger partial charge in [0.05, 0.1) is 6.10 Å². The van der Waals surface area contributed by atoms with Crippen LogP contribution in [0.1, 0.15) is 28.2 Å². The first-order valence-corrected chi connectivity index (χ1v) is 4.46. The zero-order chi connectivity index (χ0) is 9.59. The van der Waals surface area contributed by atoms with Crippen molar-refractivity contribution in [2.45, 2.75) is 25.9 Å². The normalized spacial score (nSPS) is 21.8. The number of ketones is 1. The third-order valence-electron chi connectivity index (χ3n) is 2.75. The van der Waals surface area contributed by atoms with E-state index < -0.39 is 6.10 Å². The van der Waals surface area contributed by atoms with Crippen molar-refractivity contribution in [2.24, 2.45) is 7.05 Å². The molecule has 0 bridgehead atoms. The van der Waals surface area contributed by atoms with E-state index in [0.717, 1.165) is 17.0 Å². The number of hydrogen-bond donors (Lipinski definition) is 1. The third kappa shape index (κ3) is 1.20. The fourth-order valence-corrected chi connectivity index (χ4v) is 1.89. The van der Waals surface area contributed by atoms with Gasteiger partial charge in [-0.05, 0) is 13.0 Å². The van der Waals surface area contributed by atoms with Gasteiger partial charge in [-0.1, -0.05) is 0 Å². The number of aliphatic hydroxyl groups excluding tert-OH is 1. The van der Waals surface area contributed by atoms with E-state index in [1.165, 1.54) is 0 Å². The maximum Gasteiger partial charge on any atom is 0.167 e. The van der Waals surface area contributed by atoms with E-state index in [4.69, 9.17) is 0 Å². The predicted molar refractivity (Wildman–Crippen MR) is 48.8 cm³/mol. The highest BCUT2D eigenvalue weighted by Crippen LogP contribution is 2.23. The summed E-state index contributed by atoms with van der Waals surface area (Å²) in [4.78, 5) is 11.5. The number of nitrogens with zero attached hydrogens (tertiary/aromatic N) is 1. The molecule has 1 aromatic heterocycles. The van der Waals surface area contributed by atoms with Gasteiger partial charge in [-0.25, -0.2) is 0 Å². The van der Waals surface area contributed by atoms with Crippen LogP contribution in [-0.2, 0) is 13.5 Å². The number of fused-ring (bicyclic) bond motifs is 1. The summed E-state index contributed by atoms with van der Waals surface area (Å²) < 4.78 is 1.98. The monoisotopic (exact) mass is 179 g/mol. The Hall–Kier alpha value is -1.09. The zero-order valence-electron chi connectivity index (χ0n) is 7.87. The molecule has 3 nitrogen and oxygen atoms in total. The Morgan fingerprint density at radius 2 is 2.23 bits per heavy atom. The van der Waals surface area contributed by atoms with Crippen molar-refractivity contribution in [2.75, 3.05) is 0 Å². The molecule has 1 aliphatic carbocycles. The van der Waals surface area contributed by atoms with Gasteiger partial charge < -0.3 is 9.67 Å². The lowest BCUT2D eigenvalue weighted by molar-refractivity contribution is 0.0849. The van der Waals surface area contributed by atoms with Crippen LogP contribution in [0.5, 0.6) is 0 Å². The quantitative estimate of drug-likeness (QED) is 0.640. The number of carbonyl (C=O) groups excluding carboxylic acids is 1. The van der Waals surface area contributed by atoms with Gasteiger partial charge in [0.2, 0.25) is 0 Å². The van der Waals surface area contributed by atoms with E-state index in [2.05, 4.69) is 0 Å². The van der Waals surface area contributed by atoms with Crippen molar-refractivity contribution in [3.8, 4) is 0 Å². The Kier molecular flexibility index (Phi) is 1.77. The van der Waals surface area contributed by atoms with Crippen LogP contribution in [0, 0.1) is 6.92 Å². The van der Waals surface area contributed by atoms with Crippen LogP contribution in [0.15, 0.2) is 6.07 Å². The van der Waals surface area contributed by atoms with Crippen LogP contribution >= 0.6 is 0 Å². The Bertz CT molecular complexity index is 365. The van der Waals surface area contributed by atoms with E-state index in [1.807, 2.05) is 24.6 Å². The number of aliphatic hydroxyl groups is 1. The fraction of sp³-hybridized carbons (Fsp3) is 0.500. The molecule has 0 saturated carbocycles. The summed E-state index contributed by atoms with van der Waals surface area (Å²) in [5, 5.41) is 9.43. The average molecular weight is 179 g/mol. The molecule has 0 amide bonds. The Morgan fingerprint density at radius 3 is 2.92 bits per heavy atom. The summed E-state index contributed by atoms with van der Waals surface area (Å²) in [5.41, 5.74) is 2.85. The molecule has 70 valence electrons. The molecule has 0 aliphatic heterocycles. The van der Waals surface area contributed by atoms with Crippen LogP contribution in [0.4, 0.5) is 0 Å². The highest BCUT2D eigenvalue weighted by atomic mass is 16.3. The second-order valence-electron chi connectivity index (χ2n) is 3.69. The molecule has 3 heteroatoms. The lowest BCUT2D eigenvalue weighted by Crippen LogP contribution is -2.24. The van der Waals surface area contributed by atoms with Crippen molar-refractivity contribution in [3.05, 3.63) is 23.0 Å². The maximum absolute atomic E-state index is 11.5. The minimum Gasteiger partial charge on any atom is -0.392 e. The second-order valence-corrected chi connectivity index (χ2v) is 3.69. The molecule has 1 aliphatic rings. The molecule has 0 saturated heterocycles. The number of Topliss-reactive ketones (excluding diaryl/α,β-unsaturated/α-hetero) is 1. The molecule has 0 spiro atoms. The highest BCUT2D eigenvalue weighted by molar-refractivity contribution is 5.98. The Morgan fingerprint density at radius 1 is 1.54 bits per heavy atom. The van der Waals surface area contributed by atoms with E-state index >= 15 is 0 Å². The molecule has 0 radical (unpaired) electrons. The molecule has 1 heterocycles. The van der Waals surface area contributed by atoms with Crippen molar-refractivity contribution >= 4 is 5.78 Å². The van der Waals surface area contributed by atoms with Crippen molar-refractivity contribution < 1.29 is 9.90 Å². The number of carbonyl (C=O) groups is 1. The smallest absolute Gasteiger partial charge is 0.167 e. The van der Waals surface area contributed by atoms with Crippen LogP contribution in [0.2, 0.25) is 0 Å². The molecule has 0 aromatic carbocycles. The summed E-state index contributed by atoms with van der Waals surface area (Å²) >= 11 is 0. The summed E-state index contributed by atoms with van der Waals surface area (Å²) in [6.07, 6.45) is 0.384. The van der Waals surface area contributed by atoms with Gasteiger partial charge in [0, 0.05) is 36.8 Å². The van der Waals surface area contributed by atoms with Gasteiger partial charge in [-0.3, -0.25) is 4.79 Å². The van der Waals surface area contributed by atoms with E-state index in [0.29, 0.717) is 6.42 Å². The third-order valence-corrected chi connectivity index (χ3v) is 2.75. The lowest BCUT2D eigenvalue weighted by Gasteiger charge is -2.17. The molecule has 13 heavy (non-hydrogen) atoms. The van der Waals surface area contributed by atoms with Crippen molar-refractivity contribution in [3.63, 3.8) is 0 Å². The van der Waals surface area contributed by atoms with Gasteiger partial charge in [-0.15, -0.1) is 0 Å². The minimum absolute atomic E-state index is 0.0671. The lowest BCUT2D eigenvalue weighted by atomic mass is 9.94. The number of hydrogen-bond acceptors (Lipinski definition) is 2. The van der Waals surface area contributed by atoms with E-state index in [1.54, 1.807) is 0 Å². The van der Waals surface area contributed by atoms with Crippen molar-refractivity contribution in [1.82, 2.24) is 4.57 Å². The second kappa shape index (κ2) is 2.70. The predicted octanol–water partition coefficient (Wildman–Crippen LogP) is 0.823. The summed E-state index contributed by atoms with van der Waals surface area (Å²) in [6, 6.07) is 1.91. The van der Waals surface area contributed by atoms with E-state index in [-0.39, 0.29) is 12.2 Å². The highest BCUT2D eigenvalue weighted by Gasteiger charge is 2.26. The molecule has 1 unspecified atom stereocenters. The van der Waals surface area contributed by atoms with Crippen LogP contribution < -0.4 is 0 Å². The average Bonchev–Trinajstić information content (AvgIpc) is 2.32. The molecule has 0 fully saturated rings. The first-order chi connectivity index (χ1) is 6.09. The van der Waals surface area contributed by atoms with Crippen LogP contribution in [0.3, 0.4) is 0 Å². The topological polar surface area (TPSA) is 42.2 Å². The largest absolute Gasteiger partial charge is 0.392 e. The van der Waals surface area contributed by atoms with Gasteiger partial charge in [0.25, 0.3) is 0 Å². The van der Waals surface area contributed by atoms with Gasteiger partial charge in [0.1, 0.15) is 0 Å². The summed E-state index contributed by atoms with van der Waals surface area (Å²) in [7, 11) is 1.93. The van der Waals surface area contributed by atoms with Gasteiger partial charge >= 0.3 is 0 Å². The molecule has 1 N–H and O–H groups in total. The fourth-order valence-electron chi connectivity index (χ4n) is 1.89. The molecule has 2 rings (SSSR count). The molecular weight excluding hydrogens is 166 g/mol.